The van der Waals surface area contributed by atoms with Crippen LogP contribution in [0.3, 0.4) is 0 Å². The standard InChI is InChI=1S/C8H13OSe/c1-3-9-7(2)8-5-4-6-10-8/h4-8H,3H2,1-2H3/q+1/t7?,8-/m0/s1. The second-order valence-electron chi connectivity index (χ2n) is 2.28. The van der Waals surface area contributed by atoms with Crippen LogP contribution in [0.15, 0.2) is 12.2 Å². The zero-order chi connectivity index (χ0) is 7.40. The molecule has 1 aliphatic heterocycles. The van der Waals surface area contributed by atoms with E-state index in [9.17, 15) is 0 Å². The van der Waals surface area contributed by atoms with Gasteiger partial charge in [0.25, 0.3) is 0 Å². The maximum absolute atomic E-state index is 5.47. The van der Waals surface area contributed by atoms with Crippen LogP contribution in [0.25, 0.3) is 0 Å². The molecule has 1 unspecified atom stereocenters. The van der Waals surface area contributed by atoms with Gasteiger partial charge in [-0.25, -0.2) is 0 Å². The molecule has 1 nitrogen and oxygen atoms in total. The second-order valence-corrected chi connectivity index (χ2v) is 4.57. The fourth-order valence-corrected chi connectivity index (χ4v) is 2.73. The van der Waals surface area contributed by atoms with E-state index < -0.39 is 0 Å². The Morgan fingerprint density at radius 2 is 2.50 bits per heavy atom. The van der Waals surface area contributed by atoms with Crippen molar-refractivity contribution in [2.24, 2.45) is 0 Å². The molecule has 1 heterocycles. The average molecular weight is 204 g/mol. The first-order valence-corrected chi connectivity index (χ1v) is 5.59. The van der Waals surface area contributed by atoms with Crippen LogP contribution in [0.1, 0.15) is 13.8 Å². The Morgan fingerprint density at radius 3 is 3.00 bits per heavy atom. The summed E-state index contributed by atoms with van der Waals surface area (Å²) in [5.74, 6) is 0. The van der Waals surface area contributed by atoms with Crippen molar-refractivity contribution in [2.45, 2.75) is 24.8 Å². The van der Waals surface area contributed by atoms with Crippen LogP contribution < -0.4 is 0 Å². The van der Waals surface area contributed by atoms with E-state index >= 15 is 0 Å². The zero-order valence-corrected chi connectivity index (χ0v) is 8.12. The van der Waals surface area contributed by atoms with Crippen molar-refractivity contribution >= 4 is 19.4 Å². The summed E-state index contributed by atoms with van der Waals surface area (Å²) < 4.78 is 5.47. The SMILES string of the molecule is CCOC(C)[C@@H]1C=CC=[Se+]1. The molecule has 10 heavy (non-hydrogen) atoms. The Morgan fingerprint density at radius 1 is 1.70 bits per heavy atom. The first-order chi connectivity index (χ1) is 4.84. The van der Waals surface area contributed by atoms with Crippen molar-refractivity contribution in [2.75, 3.05) is 6.61 Å². The Labute approximate surface area is 68.2 Å². The van der Waals surface area contributed by atoms with Crippen LogP contribution in [0, 0.1) is 0 Å². The van der Waals surface area contributed by atoms with E-state index in [4.69, 9.17) is 4.74 Å². The van der Waals surface area contributed by atoms with Crippen molar-refractivity contribution in [3.8, 4) is 0 Å². The number of allylic oxidation sites excluding steroid dienone is 1. The van der Waals surface area contributed by atoms with Gasteiger partial charge >= 0.3 is 67.7 Å². The fraction of sp³-hybridized carbons (Fsp3) is 0.625. The fourth-order valence-electron chi connectivity index (χ4n) is 0.961. The minimum absolute atomic E-state index is 0.417. The number of hydrogen-bond donors (Lipinski definition) is 0. The van der Waals surface area contributed by atoms with Gasteiger partial charge in [0.15, 0.2) is 0 Å². The van der Waals surface area contributed by atoms with Gasteiger partial charge in [-0.15, -0.1) is 0 Å². The number of rotatable bonds is 3. The van der Waals surface area contributed by atoms with Crippen LogP contribution in [-0.2, 0) is 4.74 Å². The molecule has 2 heteroatoms. The molecule has 0 bridgehead atoms. The van der Waals surface area contributed by atoms with Gasteiger partial charge in [-0.2, -0.15) is 0 Å². The third-order valence-electron chi connectivity index (χ3n) is 1.51. The molecule has 1 aliphatic rings. The van der Waals surface area contributed by atoms with Crippen LogP contribution in [0.4, 0.5) is 0 Å². The molecule has 0 aromatic heterocycles. The molecule has 0 fully saturated rings. The topological polar surface area (TPSA) is 9.23 Å². The van der Waals surface area contributed by atoms with Crippen molar-refractivity contribution in [3.05, 3.63) is 12.2 Å². The molecule has 0 aromatic carbocycles. The summed E-state index contributed by atoms with van der Waals surface area (Å²) in [6, 6.07) is 0. The molecule has 0 N–H and O–H groups in total. The van der Waals surface area contributed by atoms with E-state index in [0.717, 1.165) is 6.61 Å². The Hall–Kier alpha value is 0.0895. The van der Waals surface area contributed by atoms with Crippen molar-refractivity contribution in [3.63, 3.8) is 0 Å². The number of hydrogen-bond acceptors (Lipinski definition) is 1. The Balaban J connectivity index is 2.33. The summed E-state index contributed by atoms with van der Waals surface area (Å²) in [6.45, 7) is 5.03. The zero-order valence-electron chi connectivity index (χ0n) is 6.41. The monoisotopic (exact) mass is 205 g/mol. The number of ether oxygens (including phenoxy) is 1. The van der Waals surface area contributed by atoms with E-state index in [1.54, 1.807) is 0 Å². The predicted octanol–water partition coefficient (Wildman–Crippen LogP) is 1.28. The molecule has 0 aromatic rings. The van der Waals surface area contributed by atoms with Gasteiger partial charge in [0, 0.05) is 0 Å². The van der Waals surface area contributed by atoms with Gasteiger partial charge in [-0.1, -0.05) is 0 Å². The van der Waals surface area contributed by atoms with Crippen LogP contribution in [-0.4, -0.2) is 32.2 Å². The summed E-state index contributed by atoms with van der Waals surface area (Å²) in [4.78, 5) is 2.94. The molecule has 0 spiro atoms. The Bertz CT molecular complexity index is 139. The average Bonchev–Trinajstić information content (AvgIpc) is 2.38. The van der Waals surface area contributed by atoms with Crippen molar-refractivity contribution in [1.29, 1.82) is 0 Å². The first kappa shape index (κ1) is 8.19. The Kier molecular flexibility index (Phi) is 3.33. The molecule has 56 valence electrons. The van der Waals surface area contributed by atoms with Crippen LogP contribution in [0.2, 0.25) is 4.82 Å². The molecule has 2 atom stereocenters. The van der Waals surface area contributed by atoms with Gasteiger partial charge in [0.1, 0.15) is 0 Å². The van der Waals surface area contributed by atoms with E-state index in [2.05, 4.69) is 24.0 Å². The summed E-state index contributed by atoms with van der Waals surface area (Å²) >= 11 is 0.647. The van der Waals surface area contributed by atoms with Gasteiger partial charge in [0.2, 0.25) is 0 Å². The van der Waals surface area contributed by atoms with E-state index in [1.807, 2.05) is 6.92 Å². The molecular formula is C8H13OSe+. The van der Waals surface area contributed by atoms with Gasteiger partial charge in [-0.05, 0) is 0 Å². The minimum atomic E-state index is 0.417. The normalized spacial score (nSPS) is 25.6. The molecule has 0 saturated heterocycles. The summed E-state index contributed by atoms with van der Waals surface area (Å²) in [6.07, 6.45) is 4.82. The summed E-state index contributed by atoms with van der Waals surface area (Å²) in [5, 5.41) is 0. The summed E-state index contributed by atoms with van der Waals surface area (Å²) in [7, 11) is 0. The second kappa shape index (κ2) is 4.07. The van der Waals surface area contributed by atoms with E-state index in [0.29, 0.717) is 25.4 Å². The van der Waals surface area contributed by atoms with Crippen molar-refractivity contribution < 1.29 is 4.74 Å². The maximum atomic E-state index is 5.47. The molecule has 1 rings (SSSR count). The van der Waals surface area contributed by atoms with E-state index in [1.165, 1.54) is 0 Å². The summed E-state index contributed by atoms with van der Waals surface area (Å²) in [5.41, 5.74) is 0. The molecule has 0 amide bonds. The molecular weight excluding hydrogens is 191 g/mol. The van der Waals surface area contributed by atoms with Gasteiger partial charge in [0.05, 0.1) is 0 Å². The van der Waals surface area contributed by atoms with Gasteiger partial charge in [-0.3, -0.25) is 0 Å². The van der Waals surface area contributed by atoms with Crippen LogP contribution in [0.5, 0.6) is 0 Å². The third-order valence-corrected chi connectivity index (χ3v) is 3.96. The first-order valence-electron chi connectivity index (χ1n) is 3.61. The van der Waals surface area contributed by atoms with E-state index in [-0.39, 0.29) is 0 Å². The molecule has 0 saturated carbocycles. The third kappa shape index (κ3) is 2.05. The predicted molar refractivity (Wildman–Crippen MR) is 45.8 cm³/mol. The van der Waals surface area contributed by atoms with Crippen LogP contribution >= 0.6 is 0 Å². The molecule has 0 aliphatic carbocycles. The van der Waals surface area contributed by atoms with Gasteiger partial charge < -0.3 is 0 Å². The molecule has 0 radical (unpaired) electrons. The van der Waals surface area contributed by atoms with Crippen molar-refractivity contribution in [1.82, 2.24) is 0 Å². The quantitative estimate of drug-likeness (QED) is 0.629.